The first-order chi connectivity index (χ1) is 20.7. The van der Waals surface area contributed by atoms with Crippen LogP contribution in [-0.4, -0.2) is 51.9 Å². The summed E-state index contributed by atoms with van der Waals surface area (Å²) in [5, 5.41) is 15.4. The molecule has 43 heavy (non-hydrogen) atoms. The molecule has 2 aromatic carbocycles. The third-order valence-corrected chi connectivity index (χ3v) is 8.67. The Morgan fingerprint density at radius 2 is 1.40 bits per heavy atom. The highest BCUT2D eigenvalue weighted by Crippen LogP contribution is 2.28. The number of ether oxygens (including phenoxy) is 2. The highest BCUT2D eigenvalue weighted by molar-refractivity contribution is 7.89. The van der Waals surface area contributed by atoms with Crippen LogP contribution in [0.25, 0.3) is 0 Å². The number of rotatable bonds is 22. The number of hydrogen-bond donors (Lipinski definition) is 1. The van der Waals surface area contributed by atoms with Crippen molar-refractivity contribution in [3.8, 4) is 11.5 Å². The SMILES string of the molecule is CCCCCCCCCCCCCCCCN(C)/C(=N/NS(=O)(=O)c1cccc([N+](=O)[O-])c1)c1ccc(OC)c(OC)c1. The number of amidine groups is 1. The van der Waals surface area contributed by atoms with Crippen molar-refractivity contribution in [2.75, 3.05) is 27.8 Å². The first kappa shape index (κ1) is 35.9. The Labute approximate surface area is 258 Å². The van der Waals surface area contributed by atoms with Crippen molar-refractivity contribution in [1.29, 1.82) is 0 Å². The minimum atomic E-state index is -4.16. The van der Waals surface area contributed by atoms with Crippen LogP contribution >= 0.6 is 0 Å². The lowest BCUT2D eigenvalue weighted by Crippen LogP contribution is -2.32. The number of methoxy groups -OCH3 is 2. The summed E-state index contributed by atoms with van der Waals surface area (Å²) in [5.74, 6) is 1.42. The van der Waals surface area contributed by atoms with Crippen molar-refractivity contribution in [3.05, 3.63) is 58.1 Å². The van der Waals surface area contributed by atoms with Gasteiger partial charge in [-0.2, -0.15) is 13.2 Å². The van der Waals surface area contributed by atoms with Crippen LogP contribution in [-0.2, 0) is 10.0 Å². The second kappa shape index (κ2) is 19.8. The molecular formula is C32H50N4O6S. The summed E-state index contributed by atoms with van der Waals surface area (Å²) in [6, 6.07) is 10.1. The van der Waals surface area contributed by atoms with Crippen molar-refractivity contribution in [1.82, 2.24) is 9.73 Å². The summed E-state index contributed by atoms with van der Waals surface area (Å²) in [6.07, 6.45) is 17.8. The van der Waals surface area contributed by atoms with E-state index in [0.717, 1.165) is 25.3 Å². The van der Waals surface area contributed by atoms with Gasteiger partial charge in [0.1, 0.15) is 0 Å². The zero-order valence-electron chi connectivity index (χ0n) is 26.3. The molecule has 0 aromatic heterocycles. The van der Waals surface area contributed by atoms with Crippen LogP contribution in [0.4, 0.5) is 5.69 Å². The van der Waals surface area contributed by atoms with E-state index in [0.29, 0.717) is 29.4 Å². The molecule has 0 spiro atoms. The van der Waals surface area contributed by atoms with Crippen LogP contribution in [0.2, 0.25) is 0 Å². The zero-order valence-corrected chi connectivity index (χ0v) is 27.2. The van der Waals surface area contributed by atoms with Crippen LogP contribution < -0.4 is 14.3 Å². The molecule has 0 aliphatic heterocycles. The molecule has 240 valence electrons. The highest BCUT2D eigenvalue weighted by atomic mass is 32.2. The number of nitro benzene ring substituents is 1. The maximum absolute atomic E-state index is 13.0. The molecule has 0 saturated carbocycles. The predicted octanol–water partition coefficient (Wildman–Crippen LogP) is 7.67. The fourth-order valence-corrected chi connectivity index (χ4v) is 5.76. The fraction of sp³-hybridized carbons (Fsp3) is 0.594. The predicted molar refractivity (Wildman–Crippen MR) is 172 cm³/mol. The molecule has 0 amide bonds. The smallest absolute Gasteiger partial charge is 0.276 e. The van der Waals surface area contributed by atoms with E-state index >= 15 is 0 Å². The van der Waals surface area contributed by atoms with Crippen LogP contribution in [0.3, 0.4) is 0 Å². The number of unbranched alkanes of at least 4 members (excludes halogenated alkanes) is 13. The molecule has 0 saturated heterocycles. The minimum absolute atomic E-state index is 0.244. The largest absolute Gasteiger partial charge is 0.493 e. The number of nitro groups is 1. The molecule has 0 atom stereocenters. The fourth-order valence-electron chi connectivity index (χ4n) is 4.92. The van der Waals surface area contributed by atoms with Crippen LogP contribution in [0, 0.1) is 10.1 Å². The summed E-state index contributed by atoms with van der Waals surface area (Å²) in [4.78, 5) is 14.4. The van der Waals surface area contributed by atoms with Crippen LogP contribution in [0.5, 0.6) is 11.5 Å². The van der Waals surface area contributed by atoms with Gasteiger partial charge in [0.2, 0.25) is 0 Å². The van der Waals surface area contributed by atoms with Gasteiger partial charge >= 0.3 is 0 Å². The van der Waals surface area contributed by atoms with E-state index < -0.39 is 14.9 Å². The van der Waals surface area contributed by atoms with Crippen LogP contribution in [0.1, 0.15) is 102 Å². The first-order valence-corrected chi connectivity index (χ1v) is 17.0. The Hall–Kier alpha value is -3.34. The lowest BCUT2D eigenvalue weighted by Gasteiger charge is -2.22. The van der Waals surface area contributed by atoms with Crippen molar-refractivity contribution >= 4 is 21.5 Å². The number of hydrogen-bond acceptors (Lipinski definition) is 7. The van der Waals surface area contributed by atoms with E-state index in [9.17, 15) is 18.5 Å². The summed E-state index contributed by atoms with van der Waals surface area (Å²) >= 11 is 0. The molecule has 10 nitrogen and oxygen atoms in total. The minimum Gasteiger partial charge on any atom is -0.493 e. The van der Waals surface area contributed by atoms with Gasteiger partial charge < -0.3 is 14.4 Å². The molecule has 0 unspecified atom stereocenters. The number of hydrazone groups is 1. The lowest BCUT2D eigenvalue weighted by molar-refractivity contribution is -0.385. The van der Waals surface area contributed by atoms with Gasteiger partial charge in [-0.1, -0.05) is 96.5 Å². The second-order valence-electron chi connectivity index (χ2n) is 10.9. The molecule has 2 aromatic rings. The van der Waals surface area contributed by atoms with Gasteiger partial charge in [0, 0.05) is 31.3 Å². The summed E-state index contributed by atoms with van der Waals surface area (Å²) in [5.41, 5.74) is 0.314. The molecule has 2 rings (SSSR count). The van der Waals surface area contributed by atoms with E-state index in [2.05, 4.69) is 16.9 Å². The van der Waals surface area contributed by atoms with E-state index in [1.54, 1.807) is 25.3 Å². The maximum atomic E-state index is 13.0. The number of benzene rings is 2. The van der Waals surface area contributed by atoms with E-state index in [-0.39, 0.29) is 10.6 Å². The molecule has 0 radical (unpaired) electrons. The molecule has 0 bridgehead atoms. The lowest BCUT2D eigenvalue weighted by atomic mass is 10.0. The van der Waals surface area contributed by atoms with Gasteiger partial charge in [-0.15, -0.1) is 5.10 Å². The number of sulfonamides is 1. The van der Waals surface area contributed by atoms with Gasteiger partial charge in [-0.05, 0) is 30.7 Å². The van der Waals surface area contributed by atoms with Crippen molar-refractivity contribution in [3.63, 3.8) is 0 Å². The van der Waals surface area contributed by atoms with Crippen molar-refractivity contribution in [2.24, 2.45) is 5.10 Å². The van der Waals surface area contributed by atoms with Gasteiger partial charge in [0.25, 0.3) is 15.7 Å². The quantitative estimate of drug-likeness (QED) is 0.0472. The third-order valence-electron chi connectivity index (χ3n) is 7.46. The summed E-state index contributed by atoms with van der Waals surface area (Å²) in [6.45, 7) is 2.92. The van der Waals surface area contributed by atoms with E-state index in [4.69, 9.17) is 9.47 Å². The average molecular weight is 619 g/mol. The molecule has 1 N–H and O–H groups in total. The number of nitrogens with one attached hydrogen (secondary N) is 1. The molecular weight excluding hydrogens is 568 g/mol. The molecule has 11 heteroatoms. The Morgan fingerprint density at radius 3 is 1.93 bits per heavy atom. The number of nitrogens with zero attached hydrogens (tertiary/aromatic N) is 3. The monoisotopic (exact) mass is 618 g/mol. The van der Waals surface area contributed by atoms with Gasteiger partial charge in [-0.25, -0.2) is 0 Å². The Morgan fingerprint density at radius 1 is 0.837 bits per heavy atom. The normalized spacial score (nSPS) is 11.8. The summed E-state index contributed by atoms with van der Waals surface area (Å²) in [7, 11) is 0.778. The van der Waals surface area contributed by atoms with Gasteiger partial charge in [0.15, 0.2) is 17.3 Å². The zero-order chi connectivity index (χ0) is 31.5. The first-order valence-electron chi connectivity index (χ1n) is 15.5. The molecule has 0 fully saturated rings. The maximum Gasteiger partial charge on any atom is 0.276 e. The highest BCUT2D eigenvalue weighted by Gasteiger charge is 2.19. The summed E-state index contributed by atoms with van der Waals surface area (Å²) < 4.78 is 36.8. The third kappa shape index (κ3) is 12.8. The molecule has 0 aliphatic carbocycles. The van der Waals surface area contributed by atoms with Crippen LogP contribution in [0.15, 0.2) is 52.5 Å². The standard InChI is InChI=1S/C32H50N4O6S/c1-5-6-7-8-9-10-11-12-13-14-15-16-17-18-24-35(2)32(27-22-23-30(41-3)31(25-27)42-4)33-34-43(39,40)29-21-19-20-28(26-29)36(37)38/h19-23,25-26,34H,5-18,24H2,1-4H3/b33-32+. The van der Waals surface area contributed by atoms with Gasteiger partial charge in [0.05, 0.1) is 24.0 Å². The van der Waals surface area contributed by atoms with Gasteiger partial charge in [-0.3, -0.25) is 10.1 Å². The number of non-ortho nitro benzene ring substituents is 1. The second-order valence-corrected chi connectivity index (χ2v) is 12.5. The average Bonchev–Trinajstić information content (AvgIpc) is 3.01. The van der Waals surface area contributed by atoms with E-state index in [1.807, 2.05) is 11.9 Å². The Kier molecular flexibility index (Phi) is 16.5. The molecule has 0 aliphatic rings. The van der Waals surface area contributed by atoms with E-state index in [1.165, 1.54) is 95.9 Å². The van der Waals surface area contributed by atoms with Crippen molar-refractivity contribution < 1.29 is 22.8 Å². The Balaban J connectivity index is 1.95. The van der Waals surface area contributed by atoms with Crippen molar-refractivity contribution in [2.45, 2.75) is 102 Å². The molecule has 0 heterocycles. The topological polar surface area (TPSA) is 123 Å². The Bertz CT molecular complexity index is 1250.